The van der Waals surface area contributed by atoms with E-state index >= 15 is 0 Å². The number of hydrogen-bond donors (Lipinski definition) is 0. The summed E-state index contributed by atoms with van der Waals surface area (Å²) in [6.45, 7) is 3.17. The Balaban J connectivity index is 1.50. The van der Waals surface area contributed by atoms with E-state index < -0.39 is 17.5 Å². The molecule has 0 aliphatic carbocycles. The fraction of sp³-hybridized carbons (Fsp3) is 0.409. The Labute approximate surface area is 177 Å². The Morgan fingerprint density at radius 3 is 2.58 bits per heavy atom. The second-order valence-electron chi connectivity index (χ2n) is 8.20. The van der Waals surface area contributed by atoms with Crippen LogP contribution in [0.2, 0.25) is 0 Å². The molecule has 0 unspecified atom stereocenters. The molecule has 1 atom stereocenters. The van der Waals surface area contributed by atoms with Crippen molar-refractivity contribution in [1.29, 1.82) is 0 Å². The van der Waals surface area contributed by atoms with Crippen molar-refractivity contribution in [2.24, 2.45) is 7.05 Å². The Hall–Kier alpha value is -3.10. The van der Waals surface area contributed by atoms with Gasteiger partial charge in [0.05, 0.1) is 34.9 Å². The van der Waals surface area contributed by atoms with Gasteiger partial charge < -0.3 is 4.90 Å². The quantitative estimate of drug-likeness (QED) is 0.583. The third kappa shape index (κ3) is 3.05. The molecule has 9 heteroatoms. The number of nitrogens with zero attached hydrogens (tertiary/aromatic N) is 5. The summed E-state index contributed by atoms with van der Waals surface area (Å²) < 4.78 is 44.5. The third-order valence-electron chi connectivity index (χ3n) is 6.37. The molecule has 2 aliphatic heterocycles. The van der Waals surface area contributed by atoms with Crippen molar-refractivity contribution < 1.29 is 18.0 Å². The van der Waals surface area contributed by atoms with Crippen molar-refractivity contribution in [3.05, 3.63) is 58.3 Å². The minimum absolute atomic E-state index is 0.0765. The molecule has 0 N–H and O–H groups in total. The van der Waals surface area contributed by atoms with Gasteiger partial charge in [-0.05, 0) is 44.7 Å². The van der Waals surface area contributed by atoms with E-state index in [0.29, 0.717) is 29.9 Å². The summed E-state index contributed by atoms with van der Waals surface area (Å²) >= 11 is 0. The SMILES string of the molecule is C[C@H]1c2nn(C)c(-c3cc(F)c(F)c(F)c3)c2CCN1C(=O)c1cnn2c1CCCC2. The third-order valence-corrected chi connectivity index (χ3v) is 6.37. The second-order valence-corrected chi connectivity index (χ2v) is 8.20. The molecular formula is C22H22F3N5O. The van der Waals surface area contributed by atoms with Crippen LogP contribution >= 0.6 is 0 Å². The first-order valence-corrected chi connectivity index (χ1v) is 10.4. The van der Waals surface area contributed by atoms with Crippen molar-refractivity contribution in [2.45, 2.75) is 45.2 Å². The molecule has 0 bridgehead atoms. The van der Waals surface area contributed by atoms with Gasteiger partial charge in [-0.15, -0.1) is 0 Å². The summed E-state index contributed by atoms with van der Waals surface area (Å²) in [5.41, 5.74) is 3.88. The topological polar surface area (TPSA) is 56.0 Å². The first kappa shape index (κ1) is 19.8. The van der Waals surface area contributed by atoms with Crippen molar-refractivity contribution in [2.75, 3.05) is 6.54 Å². The number of hydrogen-bond acceptors (Lipinski definition) is 3. The number of halogens is 3. The number of carbonyl (C=O) groups is 1. The van der Waals surface area contributed by atoms with Crippen LogP contribution in [0.5, 0.6) is 0 Å². The molecule has 0 fully saturated rings. The van der Waals surface area contributed by atoms with E-state index in [0.717, 1.165) is 49.2 Å². The molecule has 162 valence electrons. The normalized spacial score (nSPS) is 18.1. The van der Waals surface area contributed by atoms with Gasteiger partial charge in [-0.3, -0.25) is 14.2 Å². The number of carbonyl (C=O) groups excluding carboxylic acids is 1. The van der Waals surface area contributed by atoms with E-state index in [4.69, 9.17) is 0 Å². The number of aromatic nitrogens is 4. The highest BCUT2D eigenvalue weighted by atomic mass is 19.2. The average Bonchev–Trinajstić information content (AvgIpc) is 3.32. The molecule has 4 heterocycles. The highest BCUT2D eigenvalue weighted by molar-refractivity contribution is 5.95. The van der Waals surface area contributed by atoms with Crippen LogP contribution in [0.4, 0.5) is 13.2 Å². The summed E-state index contributed by atoms with van der Waals surface area (Å²) in [6, 6.07) is 1.65. The second kappa shape index (κ2) is 7.25. The van der Waals surface area contributed by atoms with E-state index in [1.165, 1.54) is 0 Å². The fourth-order valence-corrected chi connectivity index (χ4v) is 4.83. The number of fused-ring (bicyclic) bond motifs is 2. The summed E-state index contributed by atoms with van der Waals surface area (Å²) in [4.78, 5) is 15.1. The molecule has 31 heavy (non-hydrogen) atoms. The lowest BCUT2D eigenvalue weighted by molar-refractivity contribution is 0.0672. The Bertz CT molecular complexity index is 1180. The molecular weight excluding hydrogens is 407 g/mol. The zero-order valence-corrected chi connectivity index (χ0v) is 17.3. The van der Waals surface area contributed by atoms with Crippen LogP contribution in [0.15, 0.2) is 18.3 Å². The van der Waals surface area contributed by atoms with Crippen LogP contribution < -0.4 is 0 Å². The maximum Gasteiger partial charge on any atom is 0.257 e. The highest BCUT2D eigenvalue weighted by Gasteiger charge is 2.35. The monoisotopic (exact) mass is 429 g/mol. The van der Waals surface area contributed by atoms with Crippen LogP contribution in [-0.4, -0.2) is 36.9 Å². The molecule has 2 aliphatic rings. The molecule has 5 rings (SSSR count). The summed E-state index contributed by atoms with van der Waals surface area (Å²) in [5.74, 6) is -4.05. The van der Waals surface area contributed by atoms with Gasteiger partial charge in [0.25, 0.3) is 5.91 Å². The molecule has 0 saturated heterocycles. The average molecular weight is 429 g/mol. The van der Waals surface area contributed by atoms with Crippen molar-refractivity contribution in [1.82, 2.24) is 24.5 Å². The molecule has 0 spiro atoms. The van der Waals surface area contributed by atoms with Gasteiger partial charge in [-0.2, -0.15) is 10.2 Å². The molecule has 1 amide bonds. The lowest BCUT2D eigenvalue weighted by Gasteiger charge is -2.33. The van der Waals surface area contributed by atoms with Gasteiger partial charge in [0.1, 0.15) is 0 Å². The van der Waals surface area contributed by atoms with Crippen molar-refractivity contribution in [3.63, 3.8) is 0 Å². The largest absolute Gasteiger partial charge is 0.330 e. The minimum atomic E-state index is -1.49. The number of rotatable bonds is 2. The van der Waals surface area contributed by atoms with E-state index in [9.17, 15) is 18.0 Å². The Kier molecular flexibility index (Phi) is 4.64. The van der Waals surface area contributed by atoms with Crippen LogP contribution in [-0.2, 0) is 26.4 Å². The van der Waals surface area contributed by atoms with Gasteiger partial charge >= 0.3 is 0 Å². The number of aryl methyl sites for hydroxylation is 2. The standard InChI is InChI=1S/C22H22F3N5O/c1-12-20-14(21(28(2)27-20)13-9-16(23)19(25)17(24)10-13)6-8-29(12)22(31)15-11-26-30-7-4-3-5-18(15)30/h9-12H,3-8H2,1-2H3/t12-/m0/s1. The number of benzene rings is 1. The molecule has 3 aromatic rings. The van der Waals surface area contributed by atoms with Crippen molar-refractivity contribution >= 4 is 5.91 Å². The maximum atomic E-state index is 13.8. The minimum Gasteiger partial charge on any atom is -0.330 e. The Morgan fingerprint density at radius 1 is 1.10 bits per heavy atom. The van der Waals surface area contributed by atoms with Gasteiger partial charge in [-0.25, -0.2) is 13.2 Å². The fourth-order valence-electron chi connectivity index (χ4n) is 4.83. The van der Waals surface area contributed by atoms with Gasteiger partial charge in [-0.1, -0.05) is 0 Å². The predicted molar refractivity (Wildman–Crippen MR) is 107 cm³/mol. The highest BCUT2D eigenvalue weighted by Crippen LogP contribution is 2.37. The van der Waals surface area contributed by atoms with Gasteiger partial charge in [0.2, 0.25) is 0 Å². The molecule has 2 aromatic heterocycles. The molecule has 0 saturated carbocycles. The van der Waals surface area contributed by atoms with E-state index in [-0.39, 0.29) is 17.5 Å². The summed E-state index contributed by atoms with van der Waals surface area (Å²) in [6.07, 6.45) is 5.08. The van der Waals surface area contributed by atoms with E-state index in [2.05, 4.69) is 10.2 Å². The summed E-state index contributed by atoms with van der Waals surface area (Å²) in [7, 11) is 1.68. The Morgan fingerprint density at radius 2 is 1.84 bits per heavy atom. The first-order chi connectivity index (χ1) is 14.9. The molecule has 0 radical (unpaired) electrons. The zero-order chi connectivity index (χ0) is 21.9. The van der Waals surface area contributed by atoms with E-state index in [1.54, 1.807) is 22.8 Å². The van der Waals surface area contributed by atoms with Gasteiger partial charge in [0, 0.05) is 31.3 Å². The van der Waals surface area contributed by atoms with Gasteiger partial charge in [0.15, 0.2) is 17.5 Å². The summed E-state index contributed by atoms with van der Waals surface area (Å²) in [5, 5.41) is 8.93. The zero-order valence-electron chi connectivity index (χ0n) is 17.3. The lowest BCUT2D eigenvalue weighted by Crippen LogP contribution is -2.39. The van der Waals surface area contributed by atoms with Crippen LogP contribution in [0.25, 0.3) is 11.3 Å². The number of amides is 1. The molecule has 1 aromatic carbocycles. The van der Waals surface area contributed by atoms with Crippen LogP contribution in [0.3, 0.4) is 0 Å². The molecule has 6 nitrogen and oxygen atoms in total. The van der Waals surface area contributed by atoms with E-state index in [1.807, 2.05) is 11.6 Å². The maximum absolute atomic E-state index is 13.8. The van der Waals surface area contributed by atoms with Crippen molar-refractivity contribution in [3.8, 4) is 11.3 Å². The predicted octanol–water partition coefficient (Wildman–Crippen LogP) is 3.80. The first-order valence-electron chi connectivity index (χ1n) is 10.4. The van der Waals surface area contributed by atoms with Crippen LogP contribution in [0.1, 0.15) is 53.1 Å². The lowest BCUT2D eigenvalue weighted by atomic mass is 9.94. The van der Waals surface area contributed by atoms with Crippen LogP contribution in [0, 0.1) is 17.5 Å². The smallest absolute Gasteiger partial charge is 0.257 e.